The fourth-order valence-corrected chi connectivity index (χ4v) is 2.83. The van der Waals surface area contributed by atoms with Crippen LogP contribution < -0.4 is 0 Å². The molecule has 6 nitrogen and oxygen atoms in total. The first kappa shape index (κ1) is 15.4. The van der Waals surface area contributed by atoms with Crippen LogP contribution in [-0.2, 0) is 0 Å². The number of hydrogen-bond acceptors (Lipinski definition) is 5. The zero-order valence-corrected chi connectivity index (χ0v) is 14.3. The lowest BCUT2D eigenvalue weighted by Crippen LogP contribution is -1.93. The van der Waals surface area contributed by atoms with Crippen molar-refractivity contribution < 1.29 is 9.52 Å². The summed E-state index contributed by atoms with van der Waals surface area (Å²) in [6.45, 7) is 6.12. The summed E-state index contributed by atoms with van der Waals surface area (Å²) in [5.74, 6) is 0.969. The third-order valence-corrected chi connectivity index (χ3v) is 4.31. The molecule has 0 unspecified atom stereocenters. The molecular formula is C19H18N4O2. The van der Waals surface area contributed by atoms with Gasteiger partial charge in [0.2, 0.25) is 5.89 Å². The molecule has 25 heavy (non-hydrogen) atoms. The van der Waals surface area contributed by atoms with E-state index >= 15 is 0 Å². The molecule has 2 aromatic carbocycles. The molecule has 126 valence electrons. The third-order valence-electron chi connectivity index (χ3n) is 4.31. The Balaban J connectivity index is 1.87. The van der Waals surface area contributed by atoms with Gasteiger partial charge in [-0.15, -0.1) is 10.2 Å². The van der Waals surface area contributed by atoms with Gasteiger partial charge in [-0.1, -0.05) is 19.9 Å². The van der Waals surface area contributed by atoms with Crippen LogP contribution in [0.5, 0.6) is 5.75 Å². The summed E-state index contributed by atoms with van der Waals surface area (Å²) in [4.78, 5) is 4.58. The summed E-state index contributed by atoms with van der Waals surface area (Å²) in [7, 11) is 0. The first-order valence-corrected chi connectivity index (χ1v) is 8.12. The quantitative estimate of drug-likeness (QED) is 0.607. The summed E-state index contributed by atoms with van der Waals surface area (Å²) < 4.78 is 7.66. The molecule has 2 aromatic heterocycles. The molecule has 4 aromatic rings. The van der Waals surface area contributed by atoms with Crippen LogP contribution >= 0.6 is 0 Å². The molecule has 0 spiro atoms. The van der Waals surface area contributed by atoms with Crippen LogP contribution in [-0.4, -0.2) is 24.9 Å². The van der Waals surface area contributed by atoms with Crippen molar-refractivity contribution in [3.05, 3.63) is 54.1 Å². The van der Waals surface area contributed by atoms with E-state index in [0.29, 0.717) is 23.0 Å². The van der Waals surface area contributed by atoms with E-state index in [-0.39, 0.29) is 5.75 Å². The Labute approximate surface area is 144 Å². The third kappa shape index (κ3) is 2.65. The largest absolute Gasteiger partial charge is 0.507 e. The summed E-state index contributed by atoms with van der Waals surface area (Å²) in [5.41, 5.74) is 4.79. The normalized spacial score (nSPS) is 11.5. The van der Waals surface area contributed by atoms with E-state index in [2.05, 4.69) is 29.0 Å². The van der Waals surface area contributed by atoms with Crippen LogP contribution in [0.3, 0.4) is 0 Å². The van der Waals surface area contributed by atoms with Crippen molar-refractivity contribution in [3.63, 3.8) is 0 Å². The van der Waals surface area contributed by atoms with E-state index in [1.807, 2.05) is 37.3 Å². The van der Waals surface area contributed by atoms with E-state index in [0.717, 1.165) is 16.8 Å². The van der Waals surface area contributed by atoms with Gasteiger partial charge >= 0.3 is 0 Å². The number of benzene rings is 2. The summed E-state index contributed by atoms with van der Waals surface area (Å²) in [6.07, 6.45) is 3.22. The highest BCUT2D eigenvalue weighted by atomic mass is 16.3. The second kappa shape index (κ2) is 5.73. The Morgan fingerprint density at radius 1 is 1.08 bits per heavy atom. The summed E-state index contributed by atoms with van der Waals surface area (Å²) >= 11 is 0. The number of aromatic hydroxyl groups is 1. The standard InChI is InChI=1S/C19H18N4O2/c1-11(2)13-4-5-17-16(7-13)22-19(25-17)15-8-14(6-12(3)18(15)24)23-9-20-21-10-23/h4-11,24H,1-3H3. The van der Waals surface area contributed by atoms with Gasteiger partial charge in [0.25, 0.3) is 0 Å². The molecule has 0 amide bonds. The zero-order valence-electron chi connectivity index (χ0n) is 14.3. The molecule has 0 bridgehead atoms. The van der Waals surface area contributed by atoms with Crippen molar-refractivity contribution in [3.8, 4) is 22.9 Å². The van der Waals surface area contributed by atoms with Crippen LogP contribution in [0.1, 0.15) is 30.9 Å². The van der Waals surface area contributed by atoms with Gasteiger partial charge in [-0.25, -0.2) is 4.98 Å². The van der Waals surface area contributed by atoms with Crippen molar-refractivity contribution >= 4 is 11.1 Å². The molecule has 0 aliphatic rings. The minimum Gasteiger partial charge on any atom is -0.507 e. The van der Waals surface area contributed by atoms with Crippen molar-refractivity contribution in [2.75, 3.05) is 0 Å². The number of aryl methyl sites for hydroxylation is 1. The van der Waals surface area contributed by atoms with Crippen molar-refractivity contribution in [1.82, 2.24) is 19.7 Å². The Kier molecular flexibility index (Phi) is 3.53. The monoisotopic (exact) mass is 334 g/mol. The maximum Gasteiger partial charge on any atom is 0.231 e. The number of aromatic nitrogens is 4. The Morgan fingerprint density at radius 3 is 2.56 bits per heavy atom. The molecule has 0 saturated carbocycles. The number of fused-ring (bicyclic) bond motifs is 1. The van der Waals surface area contributed by atoms with Crippen LogP contribution in [0.25, 0.3) is 28.2 Å². The molecule has 0 saturated heterocycles. The van der Waals surface area contributed by atoms with E-state index in [4.69, 9.17) is 4.42 Å². The van der Waals surface area contributed by atoms with Crippen LogP contribution in [0, 0.1) is 6.92 Å². The second-order valence-corrected chi connectivity index (χ2v) is 6.43. The first-order chi connectivity index (χ1) is 12.0. The van der Waals surface area contributed by atoms with Crippen LogP contribution in [0.2, 0.25) is 0 Å². The number of phenols is 1. The van der Waals surface area contributed by atoms with E-state index in [9.17, 15) is 5.11 Å². The molecule has 2 heterocycles. The van der Waals surface area contributed by atoms with Crippen LogP contribution in [0.4, 0.5) is 0 Å². The van der Waals surface area contributed by atoms with Crippen molar-refractivity contribution in [2.45, 2.75) is 26.7 Å². The van der Waals surface area contributed by atoms with Gasteiger partial charge in [0.1, 0.15) is 23.9 Å². The number of hydrogen-bond donors (Lipinski definition) is 1. The lowest BCUT2D eigenvalue weighted by atomic mass is 10.0. The van der Waals surface area contributed by atoms with Gasteiger partial charge in [0, 0.05) is 5.69 Å². The molecule has 0 atom stereocenters. The molecule has 4 rings (SSSR count). The molecule has 1 N–H and O–H groups in total. The van der Waals surface area contributed by atoms with Gasteiger partial charge in [0.05, 0.1) is 5.56 Å². The Morgan fingerprint density at radius 2 is 1.84 bits per heavy atom. The fraction of sp³-hybridized carbons (Fsp3) is 0.211. The fourth-order valence-electron chi connectivity index (χ4n) is 2.83. The maximum absolute atomic E-state index is 10.5. The highest BCUT2D eigenvalue weighted by Gasteiger charge is 2.16. The Bertz CT molecular complexity index is 1050. The summed E-state index contributed by atoms with van der Waals surface area (Å²) in [5, 5.41) is 18.2. The van der Waals surface area contributed by atoms with E-state index in [1.54, 1.807) is 17.2 Å². The van der Waals surface area contributed by atoms with E-state index in [1.165, 1.54) is 5.56 Å². The highest BCUT2D eigenvalue weighted by Crippen LogP contribution is 2.35. The molecular weight excluding hydrogens is 316 g/mol. The predicted molar refractivity (Wildman–Crippen MR) is 94.9 cm³/mol. The predicted octanol–water partition coefficient (Wildman–Crippen LogP) is 4.21. The smallest absolute Gasteiger partial charge is 0.231 e. The minimum absolute atomic E-state index is 0.160. The van der Waals surface area contributed by atoms with Gasteiger partial charge in [-0.3, -0.25) is 4.57 Å². The lowest BCUT2D eigenvalue weighted by molar-refractivity contribution is 0.470. The molecule has 0 aliphatic heterocycles. The minimum atomic E-state index is 0.160. The average molecular weight is 334 g/mol. The number of oxazole rings is 1. The van der Waals surface area contributed by atoms with Gasteiger partial charge in [0.15, 0.2) is 5.58 Å². The number of phenolic OH excluding ortho intramolecular Hbond substituents is 1. The number of rotatable bonds is 3. The second-order valence-electron chi connectivity index (χ2n) is 6.43. The molecule has 0 fully saturated rings. The van der Waals surface area contributed by atoms with Crippen molar-refractivity contribution in [2.24, 2.45) is 0 Å². The first-order valence-electron chi connectivity index (χ1n) is 8.12. The van der Waals surface area contributed by atoms with Gasteiger partial charge in [-0.2, -0.15) is 0 Å². The Hall–Kier alpha value is -3.15. The van der Waals surface area contributed by atoms with Gasteiger partial charge in [-0.05, 0) is 48.2 Å². The van der Waals surface area contributed by atoms with Crippen molar-refractivity contribution in [1.29, 1.82) is 0 Å². The highest BCUT2D eigenvalue weighted by molar-refractivity contribution is 5.79. The average Bonchev–Trinajstić information content (AvgIpc) is 3.25. The molecule has 6 heteroatoms. The van der Waals surface area contributed by atoms with Gasteiger partial charge < -0.3 is 9.52 Å². The zero-order chi connectivity index (χ0) is 17.6. The van der Waals surface area contributed by atoms with E-state index < -0.39 is 0 Å². The SMILES string of the molecule is Cc1cc(-n2cnnc2)cc(-c2nc3cc(C(C)C)ccc3o2)c1O. The maximum atomic E-state index is 10.5. The topological polar surface area (TPSA) is 77.0 Å². The van der Waals surface area contributed by atoms with Crippen LogP contribution in [0.15, 0.2) is 47.4 Å². The number of nitrogens with zero attached hydrogens (tertiary/aromatic N) is 4. The molecule has 0 radical (unpaired) electrons. The molecule has 0 aliphatic carbocycles. The lowest BCUT2D eigenvalue weighted by Gasteiger charge is -2.08. The summed E-state index contributed by atoms with van der Waals surface area (Å²) in [6, 6.07) is 9.68.